The number of halogens is 2. The van der Waals surface area contributed by atoms with Gasteiger partial charge in [0.2, 0.25) is 0 Å². The smallest absolute Gasteiger partial charge is 0.291 e. The second-order valence-electron chi connectivity index (χ2n) is 4.07. The summed E-state index contributed by atoms with van der Waals surface area (Å²) in [6.45, 7) is 3.90. The molecule has 2 rings (SSSR count). The summed E-state index contributed by atoms with van der Waals surface area (Å²) in [7, 11) is 0. The fourth-order valence-electron chi connectivity index (χ4n) is 1.62. The van der Waals surface area contributed by atoms with Crippen LogP contribution in [0.3, 0.4) is 0 Å². The van der Waals surface area contributed by atoms with E-state index >= 15 is 0 Å². The molecule has 108 valence electrons. The molecular formula is C14H11Cl2N3O2. The summed E-state index contributed by atoms with van der Waals surface area (Å²) < 4.78 is 1.11. The maximum atomic E-state index is 11.9. The van der Waals surface area contributed by atoms with Gasteiger partial charge in [-0.25, -0.2) is 0 Å². The fourth-order valence-corrected chi connectivity index (χ4v) is 1.87. The van der Waals surface area contributed by atoms with E-state index < -0.39 is 5.56 Å². The van der Waals surface area contributed by atoms with Crippen LogP contribution in [0.2, 0.25) is 10.0 Å². The van der Waals surface area contributed by atoms with E-state index in [0.29, 0.717) is 17.8 Å². The number of aromatic nitrogens is 2. The topological polar surface area (TPSA) is 64.0 Å². The molecule has 1 amide bonds. The van der Waals surface area contributed by atoms with E-state index in [1.54, 1.807) is 30.3 Å². The van der Waals surface area contributed by atoms with E-state index in [4.69, 9.17) is 23.2 Å². The first-order valence-electron chi connectivity index (χ1n) is 5.97. The van der Waals surface area contributed by atoms with Crippen LogP contribution >= 0.6 is 23.2 Å². The molecule has 1 heterocycles. The Morgan fingerprint density at radius 2 is 2.00 bits per heavy atom. The van der Waals surface area contributed by atoms with E-state index in [1.165, 1.54) is 6.20 Å². The quantitative estimate of drug-likeness (QED) is 0.879. The summed E-state index contributed by atoms with van der Waals surface area (Å²) in [5.41, 5.74) is 0.431. The first-order valence-corrected chi connectivity index (χ1v) is 6.73. The second kappa shape index (κ2) is 6.56. The number of nitrogens with zero attached hydrogens (tertiary/aromatic N) is 2. The van der Waals surface area contributed by atoms with E-state index in [0.717, 1.165) is 4.68 Å². The standard InChI is InChI=1S/C14H11Cl2N3O2/c1-2-7-17-13(20)9-3-5-10(6-4-9)19-14(21)12(16)11(15)8-18-19/h2-6,8H,1,7H2,(H,17,20). The van der Waals surface area contributed by atoms with Crippen molar-refractivity contribution in [1.29, 1.82) is 0 Å². The van der Waals surface area contributed by atoms with Crippen LogP contribution in [-0.4, -0.2) is 22.2 Å². The molecule has 7 heteroatoms. The van der Waals surface area contributed by atoms with Gasteiger partial charge in [-0.3, -0.25) is 9.59 Å². The Bertz CT molecular complexity index is 739. The monoisotopic (exact) mass is 323 g/mol. The zero-order valence-corrected chi connectivity index (χ0v) is 12.4. The minimum atomic E-state index is -0.520. The molecule has 1 aromatic carbocycles. The molecule has 21 heavy (non-hydrogen) atoms. The van der Waals surface area contributed by atoms with Crippen molar-refractivity contribution in [2.45, 2.75) is 0 Å². The average Bonchev–Trinajstić information content (AvgIpc) is 2.51. The first kappa shape index (κ1) is 15.3. The van der Waals surface area contributed by atoms with Crippen molar-refractivity contribution in [3.63, 3.8) is 0 Å². The summed E-state index contributed by atoms with van der Waals surface area (Å²) in [5.74, 6) is -0.226. The second-order valence-corrected chi connectivity index (χ2v) is 4.85. The molecule has 0 fully saturated rings. The lowest BCUT2D eigenvalue weighted by Gasteiger charge is -2.07. The van der Waals surface area contributed by atoms with Crippen molar-refractivity contribution >= 4 is 29.1 Å². The van der Waals surface area contributed by atoms with Crippen LogP contribution < -0.4 is 10.9 Å². The SMILES string of the molecule is C=CCNC(=O)c1ccc(-n2ncc(Cl)c(Cl)c2=O)cc1. The fraction of sp³-hybridized carbons (Fsp3) is 0.0714. The van der Waals surface area contributed by atoms with Gasteiger partial charge in [0, 0.05) is 12.1 Å². The minimum Gasteiger partial charge on any atom is -0.349 e. The lowest BCUT2D eigenvalue weighted by molar-refractivity contribution is 0.0958. The molecule has 1 aromatic heterocycles. The van der Waals surface area contributed by atoms with Gasteiger partial charge in [-0.1, -0.05) is 29.3 Å². The molecule has 0 radical (unpaired) electrons. The van der Waals surface area contributed by atoms with Crippen LogP contribution in [0, 0.1) is 0 Å². The van der Waals surface area contributed by atoms with Gasteiger partial charge in [0.05, 0.1) is 16.9 Å². The molecule has 0 saturated heterocycles. The molecule has 0 saturated carbocycles. The number of carbonyl (C=O) groups excluding carboxylic acids is 1. The predicted molar refractivity (Wildman–Crippen MR) is 82.4 cm³/mol. The molecule has 0 spiro atoms. The lowest BCUT2D eigenvalue weighted by Crippen LogP contribution is -2.24. The molecule has 0 atom stereocenters. The number of nitrogens with one attached hydrogen (secondary N) is 1. The first-order chi connectivity index (χ1) is 10.0. The van der Waals surface area contributed by atoms with E-state index in [9.17, 15) is 9.59 Å². The summed E-state index contributed by atoms with van der Waals surface area (Å²) in [4.78, 5) is 23.7. The van der Waals surface area contributed by atoms with Crippen molar-refractivity contribution in [3.8, 4) is 5.69 Å². The largest absolute Gasteiger partial charge is 0.349 e. The number of hydrogen-bond donors (Lipinski definition) is 1. The highest BCUT2D eigenvalue weighted by atomic mass is 35.5. The molecule has 0 aliphatic rings. The number of amides is 1. The van der Waals surface area contributed by atoms with Crippen molar-refractivity contribution in [2.24, 2.45) is 0 Å². The summed E-state index contributed by atoms with van der Waals surface area (Å²) in [5, 5.41) is 6.56. The van der Waals surface area contributed by atoms with E-state index in [2.05, 4.69) is 17.0 Å². The number of carbonyl (C=O) groups is 1. The Morgan fingerprint density at radius 1 is 1.33 bits per heavy atom. The van der Waals surface area contributed by atoms with Crippen molar-refractivity contribution in [3.05, 3.63) is 69.1 Å². The van der Waals surface area contributed by atoms with Crippen LogP contribution in [0.5, 0.6) is 0 Å². The van der Waals surface area contributed by atoms with Gasteiger partial charge in [0.25, 0.3) is 11.5 Å². The van der Waals surface area contributed by atoms with Gasteiger partial charge in [-0.15, -0.1) is 6.58 Å². The third kappa shape index (κ3) is 3.32. The van der Waals surface area contributed by atoms with Crippen molar-refractivity contribution < 1.29 is 4.79 Å². The molecule has 0 bridgehead atoms. The molecule has 1 N–H and O–H groups in total. The third-order valence-electron chi connectivity index (χ3n) is 2.66. The number of hydrogen-bond acceptors (Lipinski definition) is 3. The number of rotatable bonds is 4. The van der Waals surface area contributed by atoms with Crippen molar-refractivity contribution in [2.75, 3.05) is 6.54 Å². The van der Waals surface area contributed by atoms with Crippen LogP contribution in [-0.2, 0) is 0 Å². The van der Waals surface area contributed by atoms with Crippen LogP contribution in [0.1, 0.15) is 10.4 Å². The summed E-state index contributed by atoms with van der Waals surface area (Å²) in [6, 6.07) is 6.37. The van der Waals surface area contributed by atoms with Crippen molar-refractivity contribution in [1.82, 2.24) is 15.1 Å². The highest BCUT2D eigenvalue weighted by Gasteiger charge is 2.10. The summed E-state index contributed by atoms with van der Waals surface area (Å²) >= 11 is 11.5. The number of benzene rings is 1. The third-order valence-corrected chi connectivity index (χ3v) is 3.41. The van der Waals surface area contributed by atoms with Crippen LogP contribution in [0.15, 0.2) is 47.9 Å². The average molecular weight is 324 g/mol. The van der Waals surface area contributed by atoms with Gasteiger partial charge >= 0.3 is 0 Å². The Hall–Kier alpha value is -2.11. The highest BCUT2D eigenvalue weighted by Crippen LogP contribution is 2.16. The van der Waals surface area contributed by atoms with Gasteiger partial charge in [0.1, 0.15) is 5.02 Å². The maximum Gasteiger partial charge on any atom is 0.291 e. The zero-order valence-electron chi connectivity index (χ0n) is 10.8. The predicted octanol–water partition coefficient (Wildman–Crippen LogP) is 2.46. The highest BCUT2D eigenvalue weighted by molar-refractivity contribution is 6.41. The molecular weight excluding hydrogens is 313 g/mol. The molecule has 5 nitrogen and oxygen atoms in total. The van der Waals surface area contributed by atoms with Gasteiger partial charge in [-0.05, 0) is 24.3 Å². The lowest BCUT2D eigenvalue weighted by atomic mass is 10.2. The molecule has 0 aliphatic carbocycles. The Kier molecular flexibility index (Phi) is 4.77. The molecule has 2 aromatic rings. The van der Waals surface area contributed by atoms with E-state index in [-0.39, 0.29) is 16.0 Å². The maximum absolute atomic E-state index is 11.9. The summed E-state index contributed by atoms with van der Waals surface area (Å²) in [6.07, 6.45) is 2.88. The minimum absolute atomic E-state index is 0.0957. The van der Waals surface area contributed by atoms with Crippen LogP contribution in [0.25, 0.3) is 5.69 Å². The Labute approximate surface area is 130 Å². The van der Waals surface area contributed by atoms with E-state index in [1.807, 2.05) is 0 Å². The molecule has 0 unspecified atom stereocenters. The molecule has 0 aliphatic heterocycles. The zero-order chi connectivity index (χ0) is 15.4. The van der Waals surface area contributed by atoms with Gasteiger partial charge < -0.3 is 5.32 Å². The van der Waals surface area contributed by atoms with Gasteiger partial charge in [-0.2, -0.15) is 9.78 Å². The Balaban J connectivity index is 2.31. The van der Waals surface area contributed by atoms with Gasteiger partial charge in [0.15, 0.2) is 0 Å². The Morgan fingerprint density at radius 3 is 2.62 bits per heavy atom. The van der Waals surface area contributed by atoms with Crippen LogP contribution in [0.4, 0.5) is 0 Å². The normalized spacial score (nSPS) is 10.2.